The SMILES string of the molecule is CCCCOC1(c2ccccc2C)CN(C(=O)[C@@H](Cc2ccc(OC)cc2)NC(=O)/C=C\c2c[nH]cn2)C1. The van der Waals surface area contributed by atoms with Gasteiger partial charge in [0.25, 0.3) is 0 Å². The maximum atomic E-state index is 13.7. The van der Waals surface area contributed by atoms with Gasteiger partial charge in [0.15, 0.2) is 0 Å². The lowest BCUT2D eigenvalue weighted by Crippen LogP contribution is -2.66. The van der Waals surface area contributed by atoms with Crippen molar-refractivity contribution in [1.82, 2.24) is 20.2 Å². The van der Waals surface area contributed by atoms with E-state index in [9.17, 15) is 9.59 Å². The van der Waals surface area contributed by atoms with Crippen LogP contribution in [0.25, 0.3) is 6.08 Å². The van der Waals surface area contributed by atoms with E-state index >= 15 is 0 Å². The summed E-state index contributed by atoms with van der Waals surface area (Å²) in [7, 11) is 1.61. The Morgan fingerprint density at radius 2 is 1.95 bits per heavy atom. The highest BCUT2D eigenvalue weighted by atomic mass is 16.5. The molecule has 200 valence electrons. The molecule has 0 aliphatic carbocycles. The van der Waals surface area contributed by atoms with Crippen LogP contribution in [-0.2, 0) is 26.3 Å². The standard InChI is InChI=1S/C30H36N4O4/c1-4-5-16-38-30(26-9-7-6-8-22(26)2)19-34(20-30)29(36)27(17-23-10-13-25(37-3)14-11-23)33-28(35)15-12-24-18-31-21-32-24/h6-15,18,21,27H,4-5,16-17,19-20H2,1-3H3,(H,31,32)(H,33,35)/b15-12-/t27-/m1/s1. The van der Waals surface area contributed by atoms with Crippen molar-refractivity contribution < 1.29 is 19.1 Å². The van der Waals surface area contributed by atoms with Gasteiger partial charge in [-0.2, -0.15) is 0 Å². The van der Waals surface area contributed by atoms with E-state index in [-0.39, 0.29) is 11.8 Å². The number of nitrogens with one attached hydrogen (secondary N) is 2. The van der Waals surface area contributed by atoms with Gasteiger partial charge in [0.2, 0.25) is 11.8 Å². The first-order valence-electron chi connectivity index (χ1n) is 13.0. The van der Waals surface area contributed by atoms with E-state index in [1.165, 1.54) is 6.08 Å². The van der Waals surface area contributed by atoms with Gasteiger partial charge in [0, 0.05) is 25.3 Å². The van der Waals surface area contributed by atoms with Crippen LogP contribution in [0, 0.1) is 6.92 Å². The van der Waals surface area contributed by atoms with Crippen LogP contribution in [0.5, 0.6) is 5.75 Å². The summed E-state index contributed by atoms with van der Waals surface area (Å²) in [5, 5.41) is 2.91. The molecule has 2 amide bonds. The number of rotatable bonds is 12. The van der Waals surface area contributed by atoms with E-state index in [4.69, 9.17) is 9.47 Å². The van der Waals surface area contributed by atoms with Crippen LogP contribution in [0.15, 0.2) is 67.1 Å². The summed E-state index contributed by atoms with van der Waals surface area (Å²) >= 11 is 0. The van der Waals surface area contributed by atoms with Gasteiger partial charge in [-0.15, -0.1) is 0 Å². The number of carbonyl (C=O) groups is 2. The average molecular weight is 517 g/mol. The summed E-state index contributed by atoms with van der Waals surface area (Å²) in [5.41, 5.74) is 3.27. The third-order valence-corrected chi connectivity index (χ3v) is 6.85. The fourth-order valence-electron chi connectivity index (χ4n) is 4.72. The molecule has 2 N–H and O–H groups in total. The quantitative estimate of drug-likeness (QED) is 0.280. The normalized spacial score (nSPS) is 15.2. The summed E-state index contributed by atoms with van der Waals surface area (Å²) in [6.07, 6.45) is 8.58. The van der Waals surface area contributed by atoms with Crippen LogP contribution in [0.1, 0.15) is 42.1 Å². The minimum absolute atomic E-state index is 0.134. The summed E-state index contributed by atoms with van der Waals surface area (Å²) in [5.74, 6) is 0.243. The molecule has 0 unspecified atom stereocenters. The van der Waals surface area contributed by atoms with Gasteiger partial charge in [-0.3, -0.25) is 9.59 Å². The first kappa shape index (κ1) is 27.1. The number of unbranched alkanes of at least 4 members (excludes halogenated alkanes) is 1. The van der Waals surface area contributed by atoms with Gasteiger partial charge in [-0.05, 0) is 48.2 Å². The average Bonchev–Trinajstić information content (AvgIpc) is 3.43. The molecule has 8 heteroatoms. The van der Waals surface area contributed by atoms with Crippen molar-refractivity contribution in [3.05, 3.63) is 89.5 Å². The Morgan fingerprint density at radius 3 is 2.61 bits per heavy atom. The Kier molecular flexibility index (Phi) is 8.97. The molecule has 1 aliphatic heterocycles. The maximum absolute atomic E-state index is 13.7. The second kappa shape index (κ2) is 12.6. The molecule has 1 atom stereocenters. The second-order valence-corrected chi connectivity index (χ2v) is 9.65. The first-order valence-corrected chi connectivity index (χ1v) is 13.0. The molecule has 38 heavy (non-hydrogen) atoms. The highest BCUT2D eigenvalue weighted by Gasteiger charge is 2.49. The van der Waals surface area contributed by atoms with Crippen molar-refractivity contribution in [3.8, 4) is 5.75 Å². The Labute approximate surface area is 224 Å². The van der Waals surface area contributed by atoms with E-state index in [2.05, 4.69) is 41.3 Å². The number of carbonyl (C=O) groups excluding carboxylic acids is 2. The van der Waals surface area contributed by atoms with Crippen LogP contribution in [0.2, 0.25) is 0 Å². The maximum Gasteiger partial charge on any atom is 0.245 e. The molecule has 2 aromatic carbocycles. The van der Waals surface area contributed by atoms with Gasteiger partial charge in [-0.25, -0.2) is 4.98 Å². The van der Waals surface area contributed by atoms with Gasteiger partial charge >= 0.3 is 0 Å². The predicted molar refractivity (Wildman–Crippen MR) is 147 cm³/mol. The van der Waals surface area contributed by atoms with Gasteiger partial charge in [-0.1, -0.05) is 49.7 Å². The third-order valence-electron chi connectivity index (χ3n) is 6.85. The van der Waals surface area contributed by atoms with Crippen LogP contribution in [0.3, 0.4) is 0 Å². The molecule has 1 aliphatic rings. The lowest BCUT2D eigenvalue weighted by Gasteiger charge is -2.51. The smallest absolute Gasteiger partial charge is 0.245 e. The van der Waals surface area contributed by atoms with Gasteiger partial charge in [0.05, 0.1) is 32.2 Å². The number of likely N-dealkylation sites (tertiary alicyclic amines) is 1. The van der Waals surface area contributed by atoms with Crippen molar-refractivity contribution >= 4 is 17.9 Å². The third kappa shape index (κ3) is 6.50. The summed E-state index contributed by atoms with van der Waals surface area (Å²) in [6.45, 7) is 5.73. The van der Waals surface area contributed by atoms with Crippen molar-refractivity contribution in [2.75, 3.05) is 26.8 Å². The molecule has 0 spiro atoms. The van der Waals surface area contributed by atoms with Crippen molar-refractivity contribution in [3.63, 3.8) is 0 Å². The van der Waals surface area contributed by atoms with Crippen LogP contribution in [0.4, 0.5) is 0 Å². The zero-order valence-corrected chi connectivity index (χ0v) is 22.3. The number of H-pyrrole nitrogens is 1. The largest absolute Gasteiger partial charge is 0.497 e. The van der Waals surface area contributed by atoms with Crippen LogP contribution < -0.4 is 10.1 Å². The molecule has 4 rings (SSSR count). The van der Waals surface area contributed by atoms with E-state index in [1.807, 2.05) is 36.4 Å². The molecule has 3 aromatic rings. The fourth-order valence-corrected chi connectivity index (χ4v) is 4.72. The minimum Gasteiger partial charge on any atom is -0.497 e. The molecule has 1 aromatic heterocycles. The molecule has 0 saturated carbocycles. The molecule has 0 radical (unpaired) electrons. The monoisotopic (exact) mass is 516 g/mol. The van der Waals surface area contributed by atoms with Gasteiger partial charge < -0.3 is 24.7 Å². The molecular weight excluding hydrogens is 480 g/mol. The fraction of sp³-hybridized carbons (Fsp3) is 0.367. The molecule has 2 heterocycles. The summed E-state index contributed by atoms with van der Waals surface area (Å²) in [6, 6.07) is 15.0. The zero-order chi connectivity index (χ0) is 27.0. The number of aromatic nitrogens is 2. The van der Waals surface area contributed by atoms with Crippen molar-refractivity contribution in [2.24, 2.45) is 0 Å². The number of methoxy groups -OCH3 is 1. The highest BCUT2D eigenvalue weighted by Crippen LogP contribution is 2.38. The Bertz CT molecular complexity index is 1230. The van der Waals surface area contributed by atoms with Crippen LogP contribution in [-0.4, -0.2) is 59.5 Å². The predicted octanol–water partition coefficient (Wildman–Crippen LogP) is 4.02. The first-order chi connectivity index (χ1) is 18.4. The lowest BCUT2D eigenvalue weighted by atomic mass is 9.82. The van der Waals surface area contributed by atoms with Crippen molar-refractivity contribution in [2.45, 2.75) is 44.8 Å². The molecular formula is C30H36N4O4. The van der Waals surface area contributed by atoms with Gasteiger partial charge in [0.1, 0.15) is 17.4 Å². The number of ether oxygens (including phenoxy) is 2. The van der Waals surface area contributed by atoms with Crippen molar-refractivity contribution in [1.29, 1.82) is 0 Å². The van der Waals surface area contributed by atoms with E-state index in [1.54, 1.807) is 30.6 Å². The van der Waals surface area contributed by atoms with E-state index in [0.29, 0.717) is 31.8 Å². The number of imidazole rings is 1. The van der Waals surface area contributed by atoms with E-state index in [0.717, 1.165) is 35.3 Å². The number of hydrogen-bond donors (Lipinski definition) is 2. The Hall–Kier alpha value is -3.91. The summed E-state index contributed by atoms with van der Waals surface area (Å²) < 4.78 is 11.7. The number of benzene rings is 2. The lowest BCUT2D eigenvalue weighted by molar-refractivity contribution is -0.175. The Balaban J connectivity index is 1.51. The highest BCUT2D eigenvalue weighted by molar-refractivity contribution is 5.95. The molecule has 1 saturated heterocycles. The van der Waals surface area contributed by atoms with Crippen LogP contribution >= 0.6 is 0 Å². The number of hydrogen-bond acceptors (Lipinski definition) is 5. The van der Waals surface area contributed by atoms with E-state index < -0.39 is 11.6 Å². The minimum atomic E-state index is -0.731. The summed E-state index contributed by atoms with van der Waals surface area (Å²) in [4.78, 5) is 35.3. The zero-order valence-electron chi connectivity index (χ0n) is 22.3. The number of aryl methyl sites for hydroxylation is 1. The second-order valence-electron chi connectivity index (χ2n) is 9.65. The topological polar surface area (TPSA) is 96.5 Å². The molecule has 0 bridgehead atoms. The number of aromatic amines is 1. The Morgan fingerprint density at radius 1 is 1.18 bits per heavy atom. The molecule has 1 fully saturated rings. The number of amides is 2. The molecule has 8 nitrogen and oxygen atoms in total. The number of nitrogens with zero attached hydrogens (tertiary/aromatic N) is 2.